The van der Waals surface area contributed by atoms with Crippen molar-refractivity contribution < 1.29 is 23.9 Å². The summed E-state index contributed by atoms with van der Waals surface area (Å²) in [6.07, 6.45) is 3.40. The number of carbonyl (C=O) groups is 1. The van der Waals surface area contributed by atoms with Crippen molar-refractivity contribution in [3.8, 4) is 17.2 Å². The summed E-state index contributed by atoms with van der Waals surface area (Å²) in [6.45, 7) is 4.23. The highest BCUT2D eigenvalue weighted by Gasteiger charge is 2.14. The molecular weight excluding hydrogens is 364 g/mol. The zero-order valence-corrected chi connectivity index (χ0v) is 16.1. The molecule has 0 saturated heterocycles. The van der Waals surface area contributed by atoms with Gasteiger partial charge in [0.05, 0.1) is 44.8 Å². The van der Waals surface area contributed by atoms with Gasteiger partial charge in [0.15, 0.2) is 11.5 Å². The molecule has 2 aromatic heterocycles. The van der Waals surface area contributed by atoms with Crippen LogP contribution in [0.1, 0.15) is 22.6 Å². The Labute approximate surface area is 161 Å². The Bertz CT molecular complexity index is 948. The van der Waals surface area contributed by atoms with Gasteiger partial charge in [0, 0.05) is 11.8 Å². The number of phenolic OH excluding ortho intramolecular Hbond substituents is 1. The van der Waals surface area contributed by atoms with Crippen molar-refractivity contribution in [2.45, 2.75) is 26.8 Å². The van der Waals surface area contributed by atoms with Crippen LogP contribution in [0.15, 0.2) is 29.0 Å². The van der Waals surface area contributed by atoms with Gasteiger partial charge in [-0.05, 0) is 31.5 Å². The summed E-state index contributed by atoms with van der Waals surface area (Å²) in [5.74, 6) is 0.902. The number of nitrogens with zero attached hydrogens (tertiary/aromatic N) is 3. The lowest BCUT2D eigenvalue weighted by molar-refractivity contribution is -0.115. The fraction of sp³-hybridized carbons (Fsp3) is 0.316. The number of aryl methyl sites for hydroxylation is 2. The number of anilines is 1. The lowest BCUT2D eigenvalue weighted by Crippen LogP contribution is -2.14. The molecule has 3 rings (SSSR count). The van der Waals surface area contributed by atoms with Crippen LogP contribution in [-0.4, -0.2) is 40.2 Å². The lowest BCUT2D eigenvalue weighted by atomic mass is 10.1. The number of aromatic hydroxyl groups is 1. The standard InChI is InChI=1S/C19H22N4O5/c1-11-15(12(2)28-22-11)10-23-9-14(8-20-23)21-18(24)7-13-5-16(26-3)19(25)17(6-13)27-4/h5-6,8-9,25H,7,10H2,1-4H3,(H,21,24). The number of rotatable bonds is 7. The highest BCUT2D eigenvalue weighted by molar-refractivity contribution is 5.92. The highest BCUT2D eigenvalue weighted by Crippen LogP contribution is 2.37. The molecule has 2 N–H and O–H groups in total. The lowest BCUT2D eigenvalue weighted by Gasteiger charge is -2.11. The third-order valence-corrected chi connectivity index (χ3v) is 4.32. The van der Waals surface area contributed by atoms with Gasteiger partial charge in [-0.3, -0.25) is 9.48 Å². The van der Waals surface area contributed by atoms with Crippen molar-refractivity contribution in [3.05, 3.63) is 47.1 Å². The second kappa shape index (κ2) is 8.03. The number of benzene rings is 1. The number of methoxy groups -OCH3 is 2. The molecule has 28 heavy (non-hydrogen) atoms. The van der Waals surface area contributed by atoms with E-state index in [1.807, 2.05) is 13.8 Å². The van der Waals surface area contributed by atoms with E-state index in [9.17, 15) is 9.90 Å². The van der Waals surface area contributed by atoms with Crippen LogP contribution in [0.3, 0.4) is 0 Å². The first-order valence-electron chi connectivity index (χ1n) is 8.59. The maximum atomic E-state index is 12.4. The summed E-state index contributed by atoms with van der Waals surface area (Å²) in [6, 6.07) is 3.19. The van der Waals surface area contributed by atoms with E-state index in [0.29, 0.717) is 17.8 Å². The average Bonchev–Trinajstić information content (AvgIpc) is 3.24. The van der Waals surface area contributed by atoms with Crippen LogP contribution >= 0.6 is 0 Å². The summed E-state index contributed by atoms with van der Waals surface area (Å²) in [7, 11) is 2.87. The van der Waals surface area contributed by atoms with E-state index in [0.717, 1.165) is 17.0 Å². The van der Waals surface area contributed by atoms with Crippen LogP contribution < -0.4 is 14.8 Å². The summed E-state index contributed by atoms with van der Waals surface area (Å²) in [5.41, 5.74) is 3.00. The molecule has 0 bridgehead atoms. The number of amides is 1. The van der Waals surface area contributed by atoms with Crippen molar-refractivity contribution in [2.24, 2.45) is 0 Å². The van der Waals surface area contributed by atoms with Gasteiger partial charge >= 0.3 is 0 Å². The number of phenols is 1. The Morgan fingerprint density at radius 3 is 2.50 bits per heavy atom. The van der Waals surface area contributed by atoms with E-state index in [-0.39, 0.29) is 29.6 Å². The van der Waals surface area contributed by atoms with Crippen molar-refractivity contribution >= 4 is 11.6 Å². The Morgan fingerprint density at radius 2 is 1.93 bits per heavy atom. The van der Waals surface area contributed by atoms with Crippen molar-refractivity contribution in [1.29, 1.82) is 0 Å². The minimum Gasteiger partial charge on any atom is -0.502 e. The fourth-order valence-corrected chi connectivity index (χ4v) is 2.84. The molecule has 0 unspecified atom stereocenters. The molecule has 148 valence electrons. The van der Waals surface area contributed by atoms with Crippen LogP contribution in [0.4, 0.5) is 5.69 Å². The van der Waals surface area contributed by atoms with Crippen LogP contribution in [-0.2, 0) is 17.8 Å². The van der Waals surface area contributed by atoms with E-state index in [1.165, 1.54) is 14.2 Å². The molecule has 3 aromatic rings. The van der Waals surface area contributed by atoms with Crippen molar-refractivity contribution in [1.82, 2.24) is 14.9 Å². The zero-order valence-electron chi connectivity index (χ0n) is 16.1. The second-order valence-electron chi connectivity index (χ2n) is 6.30. The van der Waals surface area contributed by atoms with E-state index in [4.69, 9.17) is 14.0 Å². The normalized spacial score (nSPS) is 10.7. The number of hydrogen-bond acceptors (Lipinski definition) is 7. The molecule has 0 aliphatic rings. The SMILES string of the molecule is COc1cc(CC(=O)Nc2cnn(Cc3c(C)noc3C)c2)cc(OC)c1O. The molecule has 0 spiro atoms. The summed E-state index contributed by atoms with van der Waals surface area (Å²) >= 11 is 0. The summed E-state index contributed by atoms with van der Waals surface area (Å²) in [5, 5.41) is 20.9. The molecule has 0 aliphatic carbocycles. The predicted octanol–water partition coefficient (Wildman–Crippen LogP) is 2.44. The fourth-order valence-electron chi connectivity index (χ4n) is 2.84. The summed E-state index contributed by atoms with van der Waals surface area (Å²) in [4.78, 5) is 12.4. The van der Waals surface area contributed by atoms with E-state index in [2.05, 4.69) is 15.6 Å². The Balaban J connectivity index is 1.67. The van der Waals surface area contributed by atoms with Gasteiger partial charge in [-0.15, -0.1) is 0 Å². The van der Waals surface area contributed by atoms with Gasteiger partial charge in [0.25, 0.3) is 0 Å². The third-order valence-electron chi connectivity index (χ3n) is 4.32. The zero-order chi connectivity index (χ0) is 20.3. The smallest absolute Gasteiger partial charge is 0.228 e. The van der Waals surface area contributed by atoms with Gasteiger partial charge in [0.1, 0.15) is 5.76 Å². The Hall–Kier alpha value is -3.49. The average molecular weight is 386 g/mol. The quantitative estimate of drug-likeness (QED) is 0.641. The third kappa shape index (κ3) is 4.08. The van der Waals surface area contributed by atoms with Gasteiger partial charge in [0.2, 0.25) is 11.7 Å². The van der Waals surface area contributed by atoms with Gasteiger partial charge < -0.3 is 24.4 Å². The number of nitrogens with one attached hydrogen (secondary N) is 1. The van der Waals surface area contributed by atoms with Crippen LogP contribution in [0, 0.1) is 13.8 Å². The highest BCUT2D eigenvalue weighted by atomic mass is 16.5. The molecule has 1 aromatic carbocycles. The van der Waals surface area contributed by atoms with E-state index < -0.39 is 0 Å². The van der Waals surface area contributed by atoms with Crippen LogP contribution in [0.2, 0.25) is 0 Å². The number of ether oxygens (including phenoxy) is 2. The molecule has 9 nitrogen and oxygen atoms in total. The largest absolute Gasteiger partial charge is 0.502 e. The number of aromatic nitrogens is 3. The van der Waals surface area contributed by atoms with Crippen LogP contribution in [0.25, 0.3) is 0 Å². The second-order valence-corrected chi connectivity index (χ2v) is 6.30. The molecule has 0 radical (unpaired) electrons. The van der Waals surface area contributed by atoms with Gasteiger partial charge in [-0.1, -0.05) is 5.16 Å². The van der Waals surface area contributed by atoms with Crippen molar-refractivity contribution in [2.75, 3.05) is 19.5 Å². The molecule has 0 fully saturated rings. The topological polar surface area (TPSA) is 112 Å². The molecule has 2 heterocycles. The molecular formula is C19H22N4O5. The van der Waals surface area contributed by atoms with E-state index in [1.54, 1.807) is 29.2 Å². The van der Waals surface area contributed by atoms with E-state index >= 15 is 0 Å². The molecule has 0 saturated carbocycles. The minimum absolute atomic E-state index is 0.0854. The maximum absolute atomic E-state index is 12.4. The van der Waals surface area contributed by atoms with Crippen LogP contribution in [0.5, 0.6) is 17.2 Å². The Kier molecular flexibility index (Phi) is 5.53. The van der Waals surface area contributed by atoms with Gasteiger partial charge in [-0.2, -0.15) is 5.10 Å². The minimum atomic E-state index is -0.230. The predicted molar refractivity (Wildman–Crippen MR) is 101 cm³/mol. The molecule has 1 amide bonds. The first-order chi connectivity index (χ1) is 13.4. The monoisotopic (exact) mass is 386 g/mol. The number of carbonyl (C=O) groups excluding carboxylic acids is 1. The first kappa shape index (κ1) is 19.3. The molecule has 0 atom stereocenters. The molecule has 0 aliphatic heterocycles. The first-order valence-corrected chi connectivity index (χ1v) is 8.59. The maximum Gasteiger partial charge on any atom is 0.228 e. The molecule has 9 heteroatoms. The summed E-state index contributed by atoms with van der Waals surface area (Å²) < 4.78 is 17.1. The van der Waals surface area contributed by atoms with Crippen molar-refractivity contribution in [3.63, 3.8) is 0 Å². The number of hydrogen-bond donors (Lipinski definition) is 2. The Morgan fingerprint density at radius 1 is 1.25 bits per heavy atom. The van der Waals surface area contributed by atoms with Gasteiger partial charge in [-0.25, -0.2) is 0 Å².